The number of nitrogens with zero attached hydrogens (tertiary/aromatic N) is 1. The fourth-order valence-electron chi connectivity index (χ4n) is 1.31. The fraction of sp³-hybridized carbons (Fsp3) is 0.889. The van der Waals surface area contributed by atoms with E-state index in [9.17, 15) is 8.42 Å². The maximum Gasteiger partial charge on any atom is 0.218 e. The molecule has 0 aliphatic rings. The molecule has 7 heteroatoms. The number of hydrogen-bond acceptors (Lipinski definition) is 4. The van der Waals surface area contributed by atoms with Crippen molar-refractivity contribution >= 4 is 27.2 Å². The van der Waals surface area contributed by atoms with E-state index in [-0.39, 0.29) is 10.7 Å². The van der Waals surface area contributed by atoms with Gasteiger partial charge in [-0.1, -0.05) is 26.1 Å². The van der Waals surface area contributed by atoms with E-state index in [2.05, 4.69) is 35.7 Å². The molecule has 0 fully saturated rings. The van der Waals surface area contributed by atoms with Gasteiger partial charge in [0.05, 0.1) is 4.99 Å². The quantitative estimate of drug-likeness (QED) is 0.451. The predicted octanol–water partition coefficient (Wildman–Crippen LogP) is -0.0762. The van der Waals surface area contributed by atoms with Crippen LogP contribution in [0.3, 0.4) is 0 Å². The first-order valence-corrected chi connectivity index (χ1v) is 7.45. The summed E-state index contributed by atoms with van der Waals surface area (Å²) in [6, 6.07) is 0. The number of rotatable bonds is 9. The van der Waals surface area contributed by atoms with Crippen molar-refractivity contribution in [3.05, 3.63) is 0 Å². The number of nitrogens with one attached hydrogen (secondary N) is 1. The minimum Gasteiger partial charge on any atom is -0.392 e. The van der Waals surface area contributed by atoms with Crippen molar-refractivity contribution in [2.45, 2.75) is 20.3 Å². The van der Waals surface area contributed by atoms with Crippen molar-refractivity contribution in [2.24, 2.45) is 5.73 Å². The third kappa shape index (κ3) is 7.98. The summed E-state index contributed by atoms with van der Waals surface area (Å²) in [4.78, 5) is 2.23. The second kappa shape index (κ2) is 7.94. The molecule has 96 valence electrons. The standard InChI is InChI=1S/C9H21N3O2S2/c1-3-12(4-2)7-5-6-11-16(13,14)8-9(10)15/h11H,3-8H2,1-2H3,(H2,10,15). The van der Waals surface area contributed by atoms with Crippen LogP contribution in [0.4, 0.5) is 0 Å². The third-order valence-electron chi connectivity index (χ3n) is 2.20. The average molecular weight is 267 g/mol. The Kier molecular flexibility index (Phi) is 7.82. The second-order valence-electron chi connectivity index (χ2n) is 3.50. The molecule has 0 unspecified atom stereocenters. The minimum absolute atomic E-state index is 0.00348. The Morgan fingerprint density at radius 1 is 1.38 bits per heavy atom. The molecule has 0 atom stereocenters. The highest BCUT2D eigenvalue weighted by Gasteiger charge is 2.10. The first-order chi connectivity index (χ1) is 7.41. The van der Waals surface area contributed by atoms with Crippen LogP contribution in [0.5, 0.6) is 0 Å². The molecule has 0 saturated carbocycles. The van der Waals surface area contributed by atoms with Crippen molar-refractivity contribution in [1.29, 1.82) is 0 Å². The number of sulfonamides is 1. The number of nitrogens with two attached hydrogens (primary N) is 1. The molecule has 0 aromatic heterocycles. The average Bonchev–Trinajstić information content (AvgIpc) is 2.16. The van der Waals surface area contributed by atoms with Gasteiger partial charge in [-0.3, -0.25) is 0 Å². The Morgan fingerprint density at radius 2 is 1.94 bits per heavy atom. The van der Waals surface area contributed by atoms with Gasteiger partial charge in [0, 0.05) is 6.54 Å². The van der Waals surface area contributed by atoms with Gasteiger partial charge in [-0.2, -0.15) is 0 Å². The van der Waals surface area contributed by atoms with Crippen molar-refractivity contribution in [1.82, 2.24) is 9.62 Å². The van der Waals surface area contributed by atoms with Crippen LogP contribution in [0.15, 0.2) is 0 Å². The van der Waals surface area contributed by atoms with Gasteiger partial charge >= 0.3 is 0 Å². The molecule has 0 heterocycles. The van der Waals surface area contributed by atoms with Crippen LogP contribution in [0.2, 0.25) is 0 Å². The summed E-state index contributed by atoms with van der Waals surface area (Å²) in [5.41, 5.74) is 5.18. The predicted molar refractivity (Wildman–Crippen MR) is 71.0 cm³/mol. The van der Waals surface area contributed by atoms with Gasteiger partial charge in [-0.25, -0.2) is 13.1 Å². The van der Waals surface area contributed by atoms with E-state index in [4.69, 9.17) is 5.73 Å². The highest BCUT2D eigenvalue weighted by atomic mass is 32.2. The molecule has 5 nitrogen and oxygen atoms in total. The van der Waals surface area contributed by atoms with E-state index >= 15 is 0 Å². The summed E-state index contributed by atoms with van der Waals surface area (Å²) >= 11 is 4.55. The van der Waals surface area contributed by atoms with Gasteiger partial charge < -0.3 is 10.6 Å². The van der Waals surface area contributed by atoms with E-state index in [0.29, 0.717) is 6.54 Å². The Bertz CT molecular complexity index is 300. The monoisotopic (exact) mass is 267 g/mol. The summed E-state index contributed by atoms with van der Waals surface area (Å²) in [5, 5.41) is 0. The van der Waals surface area contributed by atoms with Crippen molar-refractivity contribution in [3.8, 4) is 0 Å². The Hall–Kier alpha value is -0.240. The van der Waals surface area contributed by atoms with Gasteiger partial charge in [0.1, 0.15) is 5.75 Å². The molecular weight excluding hydrogens is 246 g/mol. The van der Waals surface area contributed by atoms with Crippen LogP contribution in [-0.2, 0) is 10.0 Å². The first-order valence-electron chi connectivity index (χ1n) is 5.39. The zero-order valence-corrected chi connectivity index (χ0v) is 11.5. The summed E-state index contributed by atoms with van der Waals surface area (Å²) < 4.78 is 25.1. The highest BCUT2D eigenvalue weighted by molar-refractivity contribution is 7.92. The van der Waals surface area contributed by atoms with Crippen molar-refractivity contribution < 1.29 is 8.42 Å². The van der Waals surface area contributed by atoms with E-state index in [1.165, 1.54) is 0 Å². The summed E-state index contributed by atoms with van der Waals surface area (Å²) in [5.74, 6) is -0.270. The molecule has 0 saturated heterocycles. The lowest BCUT2D eigenvalue weighted by Gasteiger charge is -2.17. The molecule has 0 amide bonds. The first kappa shape index (κ1) is 15.8. The molecule has 0 radical (unpaired) electrons. The Labute approximate surface area is 103 Å². The van der Waals surface area contributed by atoms with Crippen LogP contribution < -0.4 is 10.5 Å². The Morgan fingerprint density at radius 3 is 2.38 bits per heavy atom. The van der Waals surface area contributed by atoms with Crippen molar-refractivity contribution in [2.75, 3.05) is 31.9 Å². The van der Waals surface area contributed by atoms with Gasteiger partial charge in [0.25, 0.3) is 0 Å². The fourth-order valence-corrected chi connectivity index (χ4v) is 2.71. The molecule has 0 bridgehead atoms. The lowest BCUT2D eigenvalue weighted by molar-refractivity contribution is 0.300. The zero-order chi connectivity index (χ0) is 12.6. The maximum atomic E-state index is 11.3. The summed E-state index contributed by atoms with van der Waals surface area (Å²) in [7, 11) is -3.33. The topological polar surface area (TPSA) is 75.4 Å². The molecular formula is C9H21N3O2S2. The summed E-state index contributed by atoms with van der Waals surface area (Å²) in [6.07, 6.45) is 0.790. The zero-order valence-electron chi connectivity index (χ0n) is 9.90. The number of thiocarbonyl (C=S) groups is 1. The van der Waals surface area contributed by atoms with Crippen LogP contribution in [0.25, 0.3) is 0 Å². The molecule has 0 aliphatic carbocycles. The van der Waals surface area contributed by atoms with Crippen LogP contribution in [-0.4, -0.2) is 50.2 Å². The molecule has 16 heavy (non-hydrogen) atoms. The summed E-state index contributed by atoms with van der Waals surface area (Å²) in [6.45, 7) is 7.46. The van der Waals surface area contributed by atoms with E-state index in [1.807, 2.05) is 0 Å². The maximum absolute atomic E-state index is 11.3. The van der Waals surface area contributed by atoms with E-state index in [1.54, 1.807) is 0 Å². The molecule has 3 N–H and O–H groups in total. The van der Waals surface area contributed by atoms with Crippen molar-refractivity contribution in [3.63, 3.8) is 0 Å². The van der Waals surface area contributed by atoms with E-state index in [0.717, 1.165) is 26.1 Å². The van der Waals surface area contributed by atoms with Gasteiger partial charge in [-0.05, 0) is 26.1 Å². The van der Waals surface area contributed by atoms with Gasteiger partial charge in [-0.15, -0.1) is 0 Å². The van der Waals surface area contributed by atoms with Gasteiger partial charge in [0.15, 0.2) is 0 Å². The van der Waals surface area contributed by atoms with Crippen LogP contribution >= 0.6 is 12.2 Å². The molecule has 0 rings (SSSR count). The lowest BCUT2D eigenvalue weighted by Crippen LogP contribution is -2.34. The molecule has 0 aliphatic heterocycles. The highest BCUT2D eigenvalue weighted by Crippen LogP contribution is 1.91. The normalized spacial score (nSPS) is 11.9. The molecule has 0 spiro atoms. The minimum atomic E-state index is -3.33. The number of hydrogen-bond donors (Lipinski definition) is 2. The molecule has 0 aromatic rings. The van der Waals surface area contributed by atoms with Crippen LogP contribution in [0.1, 0.15) is 20.3 Å². The smallest absolute Gasteiger partial charge is 0.218 e. The largest absolute Gasteiger partial charge is 0.392 e. The second-order valence-corrected chi connectivity index (χ2v) is 5.83. The Balaban J connectivity index is 3.77. The molecule has 0 aromatic carbocycles. The van der Waals surface area contributed by atoms with E-state index < -0.39 is 10.0 Å². The lowest BCUT2D eigenvalue weighted by atomic mass is 10.4. The third-order valence-corrected chi connectivity index (χ3v) is 3.86. The van der Waals surface area contributed by atoms with Crippen LogP contribution in [0, 0.1) is 0 Å². The SMILES string of the molecule is CCN(CC)CCCNS(=O)(=O)CC(N)=S. The van der Waals surface area contributed by atoms with Gasteiger partial charge in [0.2, 0.25) is 10.0 Å².